The van der Waals surface area contributed by atoms with E-state index in [1.807, 2.05) is 0 Å². The van der Waals surface area contributed by atoms with Crippen LogP contribution in [0.3, 0.4) is 0 Å². The molecule has 0 unspecified atom stereocenters. The zero-order chi connectivity index (χ0) is 14.5. The van der Waals surface area contributed by atoms with Gasteiger partial charge in [0.05, 0.1) is 6.07 Å². The summed E-state index contributed by atoms with van der Waals surface area (Å²) in [5, 5.41) is 10.9. The number of benzene rings is 2. The summed E-state index contributed by atoms with van der Waals surface area (Å²) in [7, 11) is 0. The molecule has 20 heavy (non-hydrogen) atoms. The number of nitrogens with zero attached hydrogens (tertiary/aromatic N) is 1. The third-order valence-electron chi connectivity index (χ3n) is 2.65. The number of carbonyl (C=O) groups excluding carboxylic acids is 1. The van der Waals surface area contributed by atoms with Crippen LogP contribution in [0.15, 0.2) is 42.5 Å². The van der Waals surface area contributed by atoms with Gasteiger partial charge >= 0.3 is 0 Å². The molecule has 1 amide bonds. The molecule has 2 aromatic rings. The first-order valence-electron chi connectivity index (χ1n) is 5.82. The molecule has 0 aliphatic heterocycles. The fourth-order valence-electron chi connectivity index (χ4n) is 1.73. The Hall–Kier alpha value is -2.74. The zero-order valence-electron chi connectivity index (χ0n) is 10.4. The first-order chi connectivity index (χ1) is 9.60. The van der Waals surface area contributed by atoms with E-state index in [-0.39, 0.29) is 12.0 Å². The summed E-state index contributed by atoms with van der Waals surface area (Å²) in [6.45, 7) is 0. The molecule has 3 nitrogen and oxygen atoms in total. The lowest BCUT2D eigenvalue weighted by molar-refractivity contribution is -0.115. The van der Waals surface area contributed by atoms with Crippen LogP contribution in [0.1, 0.15) is 6.42 Å². The first-order valence-corrected chi connectivity index (χ1v) is 5.82. The van der Waals surface area contributed by atoms with Gasteiger partial charge in [0.2, 0.25) is 5.91 Å². The number of anilines is 1. The molecule has 0 saturated carbocycles. The van der Waals surface area contributed by atoms with Gasteiger partial charge in [-0.1, -0.05) is 12.1 Å². The van der Waals surface area contributed by atoms with Crippen molar-refractivity contribution >= 4 is 11.6 Å². The highest BCUT2D eigenvalue weighted by atomic mass is 19.1. The van der Waals surface area contributed by atoms with E-state index in [9.17, 15) is 13.6 Å². The Morgan fingerprint density at radius 1 is 1.15 bits per heavy atom. The monoisotopic (exact) mass is 272 g/mol. The van der Waals surface area contributed by atoms with Crippen LogP contribution in [0.5, 0.6) is 0 Å². The lowest BCUT2D eigenvalue weighted by atomic mass is 10.0. The van der Waals surface area contributed by atoms with E-state index >= 15 is 0 Å². The fourth-order valence-corrected chi connectivity index (χ4v) is 1.73. The molecule has 0 aliphatic rings. The van der Waals surface area contributed by atoms with Crippen LogP contribution >= 0.6 is 0 Å². The Morgan fingerprint density at radius 3 is 2.45 bits per heavy atom. The second-order valence-electron chi connectivity index (χ2n) is 4.08. The van der Waals surface area contributed by atoms with Gasteiger partial charge in [-0.15, -0.1) is 0 Å². The number of nitrogens with one attached hydrogen (secondary N) is 1. The van der Waals surface area contributed by atoms with Gasteiger partial charge in [0.1, 0.15) is 18.1 Å². The highest BCUT2D eigenvalue weighted by Crippen LogP contribution is 2.24. The molecular formula is C15H10F2N2O. The lowest BCUT2D eigenvalue weighted by Gasteiger charge is -2.06. The van der Waals surface area contributed by atoms with E-state index in [0.29, 0.717) is 11.3 Å². The van der Waals surface area contributed by atoms with Crippen molar-refractivity contribution in [3.8, 4) is 17.2 Å². The summed E-state index contributed by atoms with van der Waals surface area (Å²) < 4.78 is 26.4. The largest absolute Gasteiger partial charge is 0.325 e. The molecule has 0 saturated heterocycles. The molecule has 1 N–H and O–H groups in total. The molecular weight excluding hydrogens is 262 g/mol. The smallest absolute Gasteiger partial charge is 0.238 e. The van der Waals surface area contributed by atoms with Crippen molar-refractivity contribution in [2.75, 3.05) is 5.32 Å². The van der Waals surface area contributed by atoms with Gasteiger partial charge in [-0.05, 0) is 29.8 Å². The van der Waals surface area contributed by atoms with Crippen molar-refractivity contribution in [2.45, 2.75) is 6.42 Å². The van der Waals surface area contributed by atoms with Crippen molar-refractivity contribution < 1.29 is 13.6 Å². The third kappa shape index (κ3) is 3.18. The van der Waals surface area contributed by atoms with Gasteiger partial charge in [-0.25, -0.2) is 8.78 Å². The van der Waals surface area contributed by atoms with E-state index in [1.54, 1.807) is 30.3 Å². The van der Waals surface area contributed by atoms with Gasteiger partial charge in [-0.3, -0.25) is 4.79 Å². The van der Waals surface area contributed by atoms with Crippen LogP contribution in [0.25, 0.3) is 11.1 Å². The predicted octanol–water partition coefficient (Wildman–Crippen LogP) is 3.48. The third-order valence-corrected chi connectivity index (χ3v) is 2.65. The van der Waals surface area contributed by atoms with Crippen LogP contribution in [0, 0.1) is 23.0 Å². The maximum absolute atomic E-state index is 13.6. The number of amides is 1. The Labute approximate surface area is 114 Å². The second kappa shape index (κ2) is 5.93. The average molecular weight is 272 g/mol. The van der Waals surface area contributed by atoms with Crippen LogP contribution in [-0.2, 0) is 4.79 Å². The van der Waals surface area contributed by atoms with E-state index in [1.165, 1.54) is 12.1 Å². The topological polar surface area (TPSA) is 52.9 Å². The Balaban J connectivity index is 2.20. The number of halogens is 2. The maximum Gasteiger partial charge on any atom is 0.238 e. The summed E-state index contributed by atoms with van der Waals surface area (Å²) >= 11 is 0. The van der Waals surface area contributed by atoms with Crippen molar-refractivity contribution in [3.63, 3.8) is 0 Å². The average Bonchev–Trinajstić information content (AvgIpc) is 2.40. The van der Waals surface area contributed by atoms with E-state index < -0.39 is 17.5 Å². The van der Waals surface area contributed by atoms with E-state index in [0.717, 1.165) is 6.07 Å². The van der Waals surface area contributed by atoms with Gasteiger partial charge in [0.25, 0.3) is 0 Å². The highest BCUT2D eigenvalue weighted by molar-refractivity contribution is 5.92. The van der Waals surface area contributed by atoms with Crippen molar-refractivity contribution in [1.82, 2.24) is 0 Å². The summed E-state index contributed by atoms with van der Waals surface area (Å²) in [6, 6.07) is 11.5. The minimum Gasteiger partial charge on any atom is -0.325 e. The summed E-state index contributed by atoms with van der Waals surface area (Å²) in [4.78, 5) is 11.2. The minimum absolute atomic E-state index is 0.228. The normalized spacial score (nSPS) is 9.85. The zero-order valence-corrected chi connectivity index (χ0v) is 10.4. The second-order valence-corrected chi connectivity index (χ2v) is 4.08. The van der Waals surface area contributed by atoms with Crippen molar-refractivity contribution in [3.05, 3.63) is 54.1 Å². The van der Waals surface area contributed by atoms with Crippen LogP contribution in [0.2, 0.25) is 0 Å². The molecule has 5 heteroatoms. The highest BCUT2D eigenvalue weighted by Gasteiger charge is 2.07. The molecule has 0 aromatic heterocycles. The predicted molar refractivity (Wildman–Crippen MR) is 70.7 cm³/mol. The molecule has 0 bridgehead atoms. The SMILES string of the molecule is N#CCC(=O)Nc1ccc(-c2ccc(F)cc2F)cc1. The first kappa shape index (κ1) is 13.7. The van der Waals surface area contributed by atoms with E-state index in [2.05, 4.69) is 5.32 Å². The summed E-state index contributed by atoms with van der Waals surface area (Å²) in [5.74, 6) is -1.69. The van der Waals surface area contributed by atoms with Gasteiger partial charge < -0.3 is 5.32 Å². The molecule has 0 fully saturated rings. The Morgan fingerprint density at radius 2 is 1.85 bits per heavy atom. The van der Waals surface area contributed by atoms with E-state index in [4.69, 9.17) is 5.26 Å². The van der Waals surface area contributed by atoms with Crippen molar-refractivity contribution in [1.29, 1.82) is 5.26 Å². The van der Waals surface area contributed by atoms with Crippen molar-refractivity contribution in [2.24, 2.45) is 0 Å². The fraction of sp³-hybridized carbons (Fsp3) is 0.0667. The molecule has 0 spiro atoms. The number of rotatable bonds is 3. The van der Waals surface area contributed by atoms with Crippen LogP contribution in [-0.4, -0.2) is 5.91 Å². The number of hydrogen-bond acceptors (Lipinski definition) is 2. The van der Waals surface area contributed by atoms with Crippen LogP contribution < -0.4 is 5.32 Å². The maximum atomic E-state index is 13.6. The molecule has 0 aliphatic carbocycles. The molecule has 2 aromatic carbocycles. The van der Waals surface area contributed by atoms with Crippen LogP contribution in [0.4, 0.5) is 14.5 Å². The number of nitriles is 1. The quantitative estimate of drug-likeness (QED) is 0.929. The number of carbonyl (C=O) groups is 1. The standard InChI is InChI=1S/C15H10F2N2O/c16-11-3-6-13(14(17)9-11)10-1-4-12(5-2-10)19-15(20)7-8-18/h1-6,9H,7H2,(H,19,20). The van der Waals surface area contributed by atoms with Gasteiger partial charge in [0.15, 0.2) is 0 Å². The Bertz CT molecular complexity index is 675. The molecule has 0 radical (unpaired) electrons. The van der Waals surface area contributed by atoms with Gasteiger partial charge in [0, 0.05) is 17.3 Å². The summed E-state index contributed by atoms with van der Waals surface area (Å²) in [5.41, 5.74) is 1.36. The minimum atomic E-state index is -0.647. The number of hydrogen-bond donors (Lipinski definition) is 1. The Kier molecular flexibility index (Phi) is 4.06. The molecule has 0 atom stereocenters. The molecule has 0 heterocycles. The molecule has 2 rings (SSSR count). The molecule has 100 valence electrons. The van der Waals surface area contributed by atoms with Gasteiger partial charge in [-0.2, -0.15) is 5.26 Å². The summed E-state index contributed by atoms with van der Waals surface area (Å²) in [6.07, 6.45) is -0.228. The lowest BCUT2D eigenvalue weighted by Crippen LogP contribution is -2.09.